The molecule has 0 amide bonds. The predicted octanol–water partition coefficient (Wildman–Crippen LogP) is 1.55. The van der Waals surface area contributed by atoms with Crippen LogP contribution in [-0.2, 0) is 14.6 Å². The molecule has 1 aromatic rings. The molecule has 14 heavy (non-hydrogen) atoms. The van der Waals surface area contributed by atoms with Crippen molar-refractivity contribution in [2.75, 3.05) is 12.0 Å². The van der Waals surface area contributed by atoms with E-state index in [0.29, 0.717) is 5.69 Å². The molecule has 0 fully saturated rings. The zero-order valence-electron chi connectivity index (χ0n) is 8.61. The molecule has 0 bridgehead atoms. The summed E-state index contributed by atoms with van der Waals surface area (Å²) in [5.41, 5.74) is 6.91. The van der Waals surface area contributed by atoms with E-state index < -0.39 is 14.6 Å². The second-order valence-electron chi connectivity index (χ2n) is 3.91. The number of hydrogen-bond acceptors (Lipinski definition) is 3. The van der Waals surface area contributed by atoms with Crippen molar-refractivity contribution in [1.82, 2.24) is 0 Å². The number of anilines is 1. The number of hydrogen-bond donors (Lipinski definition) is 1. The summed E-state index contributed by atoms with van der Waals surface area (Å²) in [5, 5.41) is 0. The molecule has 0 atom stereocenters. The molecule has 3 nitrogen and oxygen atoms in total. The van der Waals surface area contributed by atoms with Crippen LogP contribution < -0.4 is 5.73 Å². The van der Waals surface area contributed by atoms with Crippen LogP contribution in [0, 0.1) is 0 Å². The Balaban J connectivity index is 3.31. The van der Waals surface area contributed by atoms with Gasteiger partial charge in [-0.05, 0) is 31.5 Å². The minimum atomic E-state index is -3.13. The molecule has 1 aromatic carbocycles. The summed E-state index contributed by atoms with van der Waals surface area (Å²) in [6.07, 6.45) is 1.23. The number of sulfone groups is 1. The van der Waals surface area contributed by atoms with Crippen molar-refractivity contribution in [1.29, 1.82) is 0 Å². The fourth-order valence-electron chi connectivity index (χ4n) is 1.13. The van der Waals surface area contributed by atoms with Gasteiger partial charge in [-0.3, -0.25) is 0 Å². The lowest BCUT2D eigenvalue weighted by molar-refractivity contribution is 0.561. The van der Waals surface area contributed by atoms with Crippen molar-refractivity contribution >= 4 is 15.5 Å². The van der Waals surface area contributed by atoms with Gasteiger partial charge in [0.1, 0.15) is 0 Å². The lowest BCUT2D eigenvalue weighted by Crippen LogP contribution is -2.28. The molecule has 0 heterocycles. The molecule has 2 N–H and O–H groups in total. The van der Waals surface area contributed by atoms with E-state index in [4.69, 9.17) is 5.73 Å². The van der Waals surface area contributed by atoms with Crippen molar-refractivity contribution in [3.05, 3.63) is 29.8 Å². The zero-order chi connectivity index (χ0) is 11.0. The third-order valence-electron chi connectivity index (χ3n) is 2.51. The van der Waals surface area contributed by atoms with Crippen LogP contribution in [0.2, 0.25) is 0 Å². The fraction of sp³-hybridized carbons (Fsp3) is 0.400. The molecule has 78 valence electrons. The first-order valence-corrected chi connectivity index (χ1v) is 6.20. The Labute approximate surface area is 84.9 Å². The molecule has 0 unspecified atom stereocenters. The van der Waals surface area contributed by atoms with Crippen molar-refractivity contribution in [2.24, 2.45) is 0 Å². The van der Waals surface area contributed by atoms with Crippen LogP contribution >= 0.6 is 0 Å². The maximum absolute atomic E-state index is 11.5. The summed E-state index contributed by atoms with van der Waals surface area (Å²) in [7, 11) is -3.13. The highest BCUT2D eigenvalue weighted by Crippen LogP contribution is 2.29. The minimum absolute atomic E-state index is 0.583. The van der Waals surface area contributed by atoms with Gasteiger partial charge in [0.2, 0.25) is 0 Å². The Morgan fingerprint density at radius 2 is 1.86 bits per heavy atom. The fourth-order valence-corrected chi connectivity index (χ4v) is 1.68. The standard InChI is InChI=1S/C10H15NO2S/c1-10(2,14(3,12)13)8-5-4-6-9(11)7-8/h4-7H,11H2,1-3H3. The number of benzene rings is 1. The second kappa shape index (κ2) is 3.28. The first-order chi connectivity index (χ1) is 6.25. The van der Waals surface area contributed by atoms with Gasteiger partial charge in [0.15, 0.2) is 9.84 Å². The van der Waals surface area contributed by atoms with E-state index >= 15 is 0 Å². The van der Waals surface area contributed by atoms with Gasteiger partial charge in [-0.2, -0.15) is 0 Å². The quantitative estimate of drug-likeness (QED) is 0.758. The lowest BCUT2D eigenvalue weighted by Gasteiger charge is -2.23. The van der Waals surface area contributed by atoms with Gasteiger partial charge < -0.3 is 5.73 Å². The Morgan fingerprint density at radius 1 is 1.29 bits per heavy atom. The van der Waals surface area contributed by atoms with E-state index in [1.165, 1.54) is 6.26 Å². The molecular formula is C10H15NO2S. The molecule has 0 aliphatic rings. The summed E-state index contributed by atoms with van der Waals surface area (Å²) < 4.78 is 22.2. The monoisotopic (exact) mass is 213 g/mol. The van der Waals surface area contributed by atoms with Gasteiger partial charge >= 0.3 is 0 Å². The first kappa shape index (κ1) is 11.0. The summed E-state index contributed by atoms with van der Waals surface area (Å²) in [6, 6.07) is 6.97. The molecule has 0 radical (unpaired) electrons. The number of rotatable bonds is 2. The predicted molar refractivity (Wildman–Crippen MR) is 58.7 cm³/mol. The summed E-state index contributed by atoms with van der Waals surface area (Å²) in [4.78, 5) is 0. The Bertz CT molecular complexity index is 435. The molecule has 0 aliphatic heterocycles. The Morgan fingerprint density at radius 3 is 2.29 bits per heavy atom. The van der Waals surface area contributed by atoms with Gasteiger partial charge in [0, 0.05) is 11.9 Å². The number of nitrogen functional groups attached to an aromatic ring is 1. The van der Waals surface area contributed by atoms with E-state index in [2.05, 4.69) is 0 Å². The molecule has 0 aromatic heterocycles. The van der Waals surface area contributed by atoms with Crippen LogP contribution in [0.5, 0.6) is 0 Å². The van der Waals surface area contributed by atoms with Crippen molar-refractivity contribution in [3.8, 4) is 0 Å². The van der Waals surface area contributed by atoms with Crippen LogP contribution in [0.1, 0.15) is 19.4 Å². The van der Waals surface area contributed by atoms with E-state index in [9.17, 15) is 8.42 Å². The molecule has 4 heteroatoms. The van der Waals surface area contributed by atoms with Crippen LogP contribution in [-0.4, -0.2) is 14.7 Å². The van der Waals surface area contributed by atoms with E-state index in [1.807, 2.05) is 0 Å². The van der Waals surface area contributed by atoms with Crippen molar-refractivity contribution < 1.29 is 8.42 Å². The minimum Gasteiger partial charge on any atom is -0.399 e. The van der Waals surface area contributed by atoms with Gasteiger partial charge in [0.25, 0.3) is 0 Å². The van der Waals surface area contributed by atoms with Crippen molar-refractivity contribution in [2.45, 2.75) is 18.6 Å². The molecule has 1 rings (SSSR count). The zero-order valence-corrected chi connectivity index (χ0v) is 9.43. The van der Waals surface area contributed by atoms with Gasteiger partial charge in [-0.1, -0.05) is 12.1 Å². The van der Waals surface area contributed by atoms with Gasteiger partial charge in [-0.15, -0.1) is 0 Å². The van der Waals surface area contributed by atoms with Crippen LogP contribution in [0.3, 0.4) is 0 Å². The maximum Gasteiger partial charge on any atom is 0.156 e. The van der Waals surface area contributed by atoms with E-state index in [-0.39, 0.29) is 0 Å². The highest BCUT2D eigenvalue weighted by atomic mass is 32.2. The number of nitrogens with two attached hydrogens (primary N) is 1. The Hall–Kier alpha value is -1.03. The van der Waals surface area contributed by atoms with Crippen molar-refractivity contribution in [3.63, 3.8) is 0 Å². The summed E-state index contributed by atoms with van der Waals surface area (Å²) in [5.74, 6) is 0. The normalized spacial score (nSPS) is 12.8. The van der Waals surface area contributed by atoms with Crippen LogP contribution in [0.4, 0.5) is 5.69 Å². The molecular weight excluding hydrogens is 198 g/mol. The smallest absolute Gasteiger partial charge is 0.156 e. The van der Waals surface area contributed by atoms with Crippen LogP contribution in [0.15, 0.2) is 24.3 Å². The van der Waals surface area contributed by atoms with E-state index in [1.54, 1.807) is 38.1 Å². The average molecular weight is 213 g/mol. The summed E-state index contributed by atoms with van der Waals surface area (Å²) in [6.45, 7) is 3.36. The molecule has 0 saturated heterocycles. The largest absolute Gasteiger partial charge is 0.399 e. The van der Waals surface area contributed by atoms with Crippen LogP contribution in [0.25, 0.3) is 0 Å². The van der Waals surface area contributed by atoms with Gasteiger partial charge in [-0.25, -0.2) is 8.42 Å². The van der Waals surface area contributed by atoms with E-state index in [0.717, 1.165) is 5.56 Å². The third kappa shape index (κ3) is 1.90. The molecule has 0 spiro atoms. The topological polar surface area (TPSA) is 60.2 Å². The first-order valence-electron chi connectivity index (χ1n) is 4.31. The highest BCUT2D eigenvalue weighted by molar-refractivity contribution is 7.91. The SMILES string of the molecule is CC(C)(c1cccc(N)c1)S(C)(=O)=O. The molecule has 0 aliphatic carbocycles. The van der Waals surface area contributed by atoms with Gasteiger partial charge in [0.05, 0.1) is 4.75 Å². The lowest BCUT2D eigenvalue weighted by atomic mass is 10.0. The highest BCUT2D eigenvalue weighted by Gasteiger charge is 2.32. The third-order valence-corrected chi connectivity index (χ3v) is 4.60. The average Bonchev–Trinajstić information content (AvgIpc) is 2.02. The second-order valence-corrected chi connectivity index (χ2v) is 6.47. The molecule has 0 saturated carbocycles. The summed E-state index contributed by atoms with van der Waals surface area (Å²) >= 11 is 0. The maximum atomic E-state index is 11.5. The Kier molecular flexibility index (Phi) is 2.58.